The molecule has 0 saturated carbocycles. The van der Waals surface area contributed by atoms with Crippen molar-refractivity contribution in [3.63, 3.8) is 0 Å². The molecule has 4 heteroatoms. The van der Waals surface area contributed by atoms with E-state index in [-0.39, 0.29) is 11.7 Å². The number of rotatable bonds is 3. The summed E-state index contributed by atoms with van der Waals surface area (Å²) in [5.41, 5.74) is 0.665. The standard InChI is InChI=1S/C16H17NO3/c1-2-12-5-6-17(10-12)11-14(18)13-3-4-15-16(9-13)20-8-7-19-15/h1,3-4,9,12H,5-8,10-11H2. The number of hydrogen-bond acceptors (Lipinski definition) is 4. The Balaban J connectivity index is 1.67. The van der Waals surface area contributed by atoms with Crippen LogP contribution in [0.15, 0.2) is 18.2 Å². The molecule has 20 heavy (non-hydrogen) atoms. The van der Waals surface area contributed by atoms with Crippen LogP contribution in [0.2, 0.25) is 0 Å². The van der Waals surface area contributed by atoms with Gasteiger partial charge < -0.3 is 9.47 Å². The molecule has 4 nitrogen and oxygen atoms in total. The lowest BCUT2D eigenvalue weighted by molar-refractivity contribution is 0.0943. The Morgan fingerprint density at radius 1 is 1.35 bits per heavy atom. The van der Waals surface area contributed by atoms with E-state index in [1.807, 2.05) is 0 Å². The SMILES string of the molecule is C#CC1CCN(CC(=O)c2ccc3c(c2)OCCO3)C1. The second-order valence-electron chi connectivity index (χ2n) is 5.17. The van der Waals surface area contributed by atoms with Crippen LogP contribution in [0, 0.1) is 18.3 Å². The molecule has 1 aromatic rings. The maximum Gasteiger partial charge on any atom is 0.176 e. The van der Waals surface area contributed by atoms with E-state index in [1.165, 1.54) is 0 Å². The Morgan fingerprint density at radius 2 is 2.15 bits per heavy atom. The molecule has 0 radical (unpaired) electrons. The number of benzene rings is 1. The lowest BCUT2D eigenvalue weighted by Gasteiger charge is -2.19. The summed E-state index contributed by atoms with van der Waals surface area (Å²) in [6, 6.07) is 5.37. The number of carbonyl (C=O) groups excluding carboxylic acids is 1. The third kappa shape index (κ3) is 2.63. The molecule has 1 aromatic carbocycles. The molecule has 0 N–H and O–H groups in total. The molecule has 3 rings (SSSR count). The number of fused-ring (bicyclic) bond motifs is 1. The van der Waals surface area contributed by atoms with Gasteiger partial charge in [-0.1, -0.05) is 0 Å². The first-order valence-corrected chi connectivity index (χ1v) is 6.87. The van der Waals surface area contributed by atoms with Gasteiger partial charge in [0.1, 0.15) is 13.2 Å². The number of likely N-dealkylation sites (tertiary alicyclic amines) is 1. The smallest absolute Gasteiger partial charge is 0.176 e. The number of Topliss-reactive ketones (excluding diaryl/α,β-unsaturated/α-hetero) is 1. The van der Waals surface area contributed by atoms with E-state index >= 15 is 0 Å². The largest absolute Gasteiger partial charge is 0.486 e. The predicted molar refractivity (Wildman–Crippen MR) is 75.1 cm³/mol. The van der Waals surface area contributed by atoms with Crippen molar-refractivity contribution in [1.82, 2.24) is 4.90 Å². The monoisotopic (exact) mass is 271 g/mol. The van der Waals surface area contributed by atoms with Crippen LogP contribution >= 0.6 is 0 Å². The highest BCUT2D eigenvalue weighted by Crippen LogP contribution is 2.31. The fourth-order valence-electron chi connectivity index (χ4n) is 2.62. The molecule has 1 fully saturated rings. The molecule has 0 bridgehead atoms. The van der Waals surface area contributed by atoms with Gasteiger partial charge in [0, 0.05) is 18.0 Å². The van der Waals surface area contributed by atoms with Crippen LogP contribution in [-0.4, -0.2) is 43.5 Å². The molecular weight excluding hydrogens is 254 g/mol. The maximum absolute atomic E-state index is 12.3. The number of ketones is 1. The minimum absolute atomic E-state index is 0.0969. The van der Waals surface area contributed by atoms with E-state index in [0.29, 0.717) is 36.8 Å². The van der Waals surface area contributed by atoms with Crippen molar-refractivity contribution < 1.29 is 14.3 Å². The maximum atomic E-state index is 12.3. The summed E-state index contributed by atoms with van der Waals surface area (Å²) in [7, 11) is 0. The third-order valence-electron chi connectivity index (χ3n) is 3.74. The molecule has 0 amide bonds. The average molecular weight is 271 g/mol. The van der Waals surface area contributed by atoms with Crippen molar-refractivity contribution in [3.05, 3.63) is 23.8 Å². The molecule has 0 spiro atoms. The van der Waals surface area contributed by atoms with Crippen LogP contribution in [0.25, 0.3) is 0 Å². The van der Waals surface area contributed by atoms with Gasteiger partial charge in [0.05, 0.1) is 6.54 Å². The van der Waals surface area contributed by atoms with Crippen LogP contribution < -0.4 is 9.47 Å². The highest BCUT2D eigenvalue weighted by molar-refractivity contribution is 5.98. The highest BCUT2D eigenvalue weighted by atomic mass is 16.6. The molecule has 1 unspecified atom stereocenters. The zero-order valence-corrected chi connectivity index (χ0v) is 11.3. The van der Waals surface area contributed by atoms with Gasteiger partial charge in [-0.15, -0.1) is 12.3 Å². The number of terminal acetylenes is 1. The fraction of sp³-hybridized carbons (Fsp3) is 0.438. The molecule has 1 atom stereocenters. The minimum atomic E-state index is 0.0969. The van der Waals surface area contributed by atoms with Gasteiger partial charge >= 0.3 is 0 Å². The van der Waals surface area contributed by atoms with E-state index in [9.17, 15) is 4.79 Å². The average Bonchev–Trinajstić information content (AvgIpc) is 2.94. The van der Waals surface area contributed by atoms with E-state index in [4.69, 9.17) is 15.9 Å². The topological polar surface area (TPSA) is 38.8 Å². The fourth-order valence-corrected chi connectivity index (χ4v) is 2.62. The third-order valence-corrected chi connectivity index (χ3v) is 3.74. The Hall–Kier alpha value is -1.99. The summed E-state index contributed by atoms with van der Waals surface area (Å²) in [6.07, 6.45) is 6.40. The minimum Gasteiger partial charge on any atom is -0.486 e. The molecule has 0 aromatic heterocycles. The quantitative estimate of drug-likeness (QED) is 0.618. The Morgan fingerprint density at radius 3 is 2.90 bits per heavy atom. The van der Waals surface area contributed by atoms with Crippen molar-refractivity contribution in [3.8, 4) is 23.8 Å². The normalized spacial score (nSPS) is 21.4. The summed E-state index contributed by atoms with van der Waals surface area (Å²) >= 11 is 0. The van der Waals surface area contributed by atoms with Gasteiger partial charge in [-0.25, -0.2) is 0 Å². The number of hydrogen-bond donors (Lipinski definition) is 0. The van der Waals surface area contributed by atoms with Crippen LogP contribution in [0.3, 0.4) is 0 Å². The Bertz CT molecular complexity index is 561. The first-order chi connectivity index (χ1) is 9.76. The van der Waals surface area contributed by atoms with E-state index in [1.54, 1.807) is 18.2 Å². The summed E-state index contributed by atoms with van der Waals surface area (Å²) < 4.78 is 11.0. The second-order valence-corrected chi connectivity index (χ2v) is 5.17. The van der Waals surface area contributed by atoms with Crippen LogP contribution in [0.5, 0.6) is 11.5 Å². The summed E-state index contributed by atoms with van der Waals surface area (Å²) in [4.78, 5) is 14.4. The Labute approximate surface area is 118 Å². The number of nitrogens with zero attached hydrogens (tertiary/aromatic N) is 1. The summed E-state index contributed by atoms with van der Waals surface area (Å²) in [5, 5.41) is 0. The van der Waals surface area contributed by atoms with Crippen LogP contribution in [0.4, 0.5) is 0 Å². The van der Waals surface area contributed by atoms with Crippen molar-refractivity contribution in [2.24, 2.45) is 5.92 Å². The lowest BCUT2D eigenvalue weighted by Crippen LogP contribution is -2.27. The predicted octanol–water partition coefficient (Wildman–Crippen LogP) is 1.60. The van der Waals surface area contributed by atoms with E-state index in [0.717, 1.165) is 19.5 Å². The van der Waals surface area contributed by atoms with Crippen molar-refractivity contribution >= 4 is 5.78 Å². The molecule has 2 aliphatic rings. The van der Waals surface area contributed by atoms with E-state index in [2.05, 4.69) is 10.8 Å². The van der Waals surface area contributed by atoms with E-state index < -0.39 is 0 Å². The Kier molecular flexibility index (Phi) is 3.62. The molecule has 0 aliphatic carbocycles. The van der Waals surface area contributed by atoms with Crippen molar-refractivity contribution in [2.75, 3.05) is 32.8 Å². The molecule has 1 saturated heterocycles. The zero-order valence-electron chi connectivity index (χ0n) is 11.3. The van der Waals surface area contributed by atoms with Crippen molar-refractivity contribution in [2.45, 2.75) is 6.42 Å². The summed E-state index contributed by atoms with van der Waals surface area (Å²) in [5.74, 6) is 4.50. The van der Waals surface area contributed by atoms with Gasteiger partial charge in [0.25, 0.3) is 0 Å². The second kappa shape index (κ2) is 5.56. The summed E-state index contributed by atoms with van der Waals surface area (Å²) in [6.45, 7) is 3.21. The zero-order chi connectivity index (χ0) is 13.9. The lowest BCUT2D eigenvalue weighted by atomic mass is 10.1. The van der Waals surface area contributed by atoms with Gasteiger partial charge in [0.2, 0.25) is 0 Å². The number of ether oxygens (including phenoxy) is 2. The van der Waals surface area contributed by atoms with Gasteiger partial charge in [0.15, 0.2) is 17.3 Å². The van der Waals surface area contributed by atoms with Gasteiger partial charge in [-0.3, -0.25) is 9.69 Å². The highest BCUT2D eigenvalue weighted by Gasteiger charge is 2.23. The van der Waals surface area contributed by atoms with Crippen LogP contribution in [-0.2, 0) is 0 Å². The molecule has 2 aliphatic heterocycles. The number of carbonyl (C=O) groups is 1. The first kappa shape index (κ1) is 13.0. The molecule has 2 heterocycles. The van der Waals surface area contributed by atoms with Gasteiger partial charge in [-0.05, 0) is 31.2 Å². The molecular formula is C16H17NO3. The van der Waals surface area contributed by atoms with Gasteiger partial charge in [-0.2, -0.15) is 0 Å². The van der Waals surface area contributed by atoms with Crippen molar-refractivity contribution in [1.29, 1.82) is 0 Å². The van der Waals surface area contributed by atoms with Crippen LogP contribution in [0.1, 0.15) is 16.8 Å². The molecule has 104 valence electrons. The first-order valence-electron chi connectivity index (χ1n) is 6.87.